The topological polar surface area (TPSA) is 42.0 Å². The Morgan fingerprint density at radius 2 is 2.33 bits per heavy atom. The molecule has 1 heterocycles. The first kappa shape index (κ1) is 13.5. The molecule has 0 aliphatic rings. The number of nitrogens with one attached hydrogen (secondary N) is 1. The van der Waals surface area contributed by atoms with E-state index < -0.39 is 5.38 Å². The summed E-state index contributed by atoms with van der Waals surface area (Å²) in [7, 11) is 0. The second-order valence-electron chi connectivity index (χ2n) is 3.65. The number of carbonyl (C=O) groups excluding carboxylic acids is 1. The van der Waals surface area contributed by atoms with Crippen LogP contribution in [0.15, 0.2) is 34.1 Å². The van der Waals surface area contributed by atoms with Crippen LogP contribution in [-0.2, 0) is 4.79 Å². The Morgan fingerprint density at radius 1 is 1.56 bits per heavy atom. The zero-order valence-corrected chi connectivity index (χ0v) is 12.6. The van der Waals surface area contributed by atoms with E-state index >= 15 is 0 Å². The van der Waals surface area contributed by atoms with Gasteiger partial charge in [0.1, 0.15) is 5.38 Å². The first-order valence-corrected chi connectivity index (χ1v) is 7.33. The van der Waals surface area contributed by atoms with E-state index in [0.717, 1.165) is 15.7 Å². The van der Waals surface area contributed by atoms with Gasteiger partial charge in [-0.2, -0.15) is 0 Å². The molecule has 0 bridgehead atoms. The molecule has 1 N–H and O–H groups in total. The van der Waals surface area contributed by atoms with Gasteiger partial charge in [0.25, 0.3) is 0 Å². The summed E-state index contributed by atoms with van der Waals surface area (Å²) in [5.41, 5.74) is 1.83. The second kappa shape index (κ2) is 5.82. The van der Waals surface area contributed by atoms with Crippen molar-refractivity contribution in [2.24, 2.45) is 0 Å². The molecule has 1 unspecified atom stereocenters. The largest absolute Gasteiger partial charge is 0.301 e. The standard InChI is InChI=1S/C12H10BrClN2OS/c1-7(14)11(17)16-12-15-10(6-18-12)8-3-2-4-9(13)5-8/h2-7H,1H3,(H,15,16,17). The smallest absolute Gasteiger partial charge is 0.243 e. The van der Waals surface area contributed by atoms with E-state index in [1.54, 1.807) is 6.92 Å². The summed E-state index contributed by atoms with van der Waals surface area (Å²) in [6.07, 6.45) is 0. The number of carbonyl (C=O) groups is 1. The van der Waals surface area contributed by atoms with Gasteiger partial charge in [-0.15, -0.1) is 22.9 Å². The fraction of sp³-hybridized carbons (Fsp3) is 0.167. The van der Waals surface area contributed by atoms with Crippen LogP contribution in [0, 0.1) is 0 Å². The first-order chi connectivity index (χ1) is 8.56. The average molecular weight is 346 g/mol. The maximum absolute atomic E-state index is 11.4. The molecule has 18 heavy (non-hydrogen) atoms. The van der Waals surface area contributed by atoms with Crippen LogP contribution in [0.3, 0.4) is 0 Å². The molecule has 0 aliphatic carbocycles. The van der Waals surface area contributed by atoms with E-state index in [0.29, 0.717) is 5.13 Å². The Morgan fingerprint density at radius 3 is 3.00 bits per heavy atom. The van der Waals surface area contributed by atoms with Gasteiger partial charge in [-0.1, -0.05) is 28.1 Å². The molecule has 0 spiro atoms. The van der Waals surface area contributed by atoms with Crippen molar-refractivity contribution >= 4 is 49.9 Å². The Hall–Kier alpha value is -0.910. The number of rotatable bonds is 3. The number of nitrogens with zero attached hydrogens (tertiary/aromatic N) is 1. The Bertz CT molecular complexity index is 571. The van der Waals surface area contributed by atoms with Gasteiger partial charge in [-0.25, -0.2) is 4.98 Å². The van der Waals surface area contributed by atoms with Gasteiger partial charge >= 0.3 is 0 Å². The summed E-state index contributed by atoms with van der Waals surface area (Å²) >= 11 is 10.5. The number of alkyl halides is 1. The summed E-state index contributed by atoms with van der Waals surface area (Å²) in [6, 6.07) is 7.84. The second-order valence-corrected chi connectivity index (χ2v) is 6.08. The van der Waals surface area contributed by atoms with E-state index in [9.17, 15) is 4.79 Å². The predicted molar refractivity (Wildman–Crippen MR) is 79.2 cm³/mol. The Balaban J connectivity index is 2.18. The molecular formula is C12H10BrClN2OS. The normalized spacial score (nSPS) is 12.2. The number of hydrogen-bond acceptors (Lipinski definition) is 3. The van der Waals surface area contributed by atoms with Crippen molar-refractivity contribution in [1.82, 2.24) is 4.98 Å². The molecule has 3 nitrogen and oxygen atoms in total. The van der Waals surface area contributed by atoms with E-state index in [1.807, 2.05) is 29.6 Å². The Kier molecular flexibility index (Phi) is 4.37. The predicted octanol–water partition coefficient (Wildman–Crippen LogP) is 4.14. The van der Waals surface area contributed by atoms with Crippen LogP contribution < -0.4 is 5.32 Å². The van der Waals surface area contributed by atoms with Crippen molar-refractivity contribution in [3.8, 4) is 11.3 Å². The number of halogens is 2. The molecule has 1 atom stereocenters. The van der Waals surface area contributed by atoms with Gasteiger partial charge in [0.15, 0.2) is 5.13 Å². The molecule has 1 aromatic heterocycles. The third-order valence-electron chi connectivity index (χ3n) is 2.22. The summed E-state index contributed by atoms with van der Waals surface area (Å²) in [6.45, 7) is 1.62. The highest BCUT2D eigenvalue weighted by atomic mass is 79.9. The molecule has 0 saturated heterocycles. The molecule has 1 aromatic carbocycles. The van der Waals surface area contributed by atoms with Gasteiger partial charge in [0, 0.05) is 15.4 Å². The van der Waals surface area contributed by atoms with Crippen LogP contribution in [0.2, 0.25) is 0 Å². The van der Waals surface area contributed by atoms with Crippen LogP contribution in [0.1, 0.15) is 6.92 Å². The lowest BCUT2D eigenvalue weighted by Gasteiger charge is -2.02. The number of thiazole rings is 1. The summed E-state index contributed by atoms with van der Waals surface area (Å²) in [4.78, 5) is 15.8. The SMILES string of the molecule is CC(Cl)C(=O)Nc1nc(-c2cccc(Br)c2)cs1. The quantitative estimate of drug-likeness (QED) is 0.850. The molecule has 2 aromatic rings. The molecule has 1 amide bonds. The van der Waals surface area contributed by atoms with Crippen molar-refractivity contribution in [3.05, 3.63) is 34.1 Å². The third-order valence-corrected chi connectivity index (χ3v) is 3.67. The monoisotopic (exact) mass is 344 g/mol. The van der Waals surface area contributed by atoms with Crippen molar-refractivity contribution in [3.63, 3.8) is 0 Å². The lowest BCUT2D eigenvalue weighted by molar-refractivity contribution is -0.115. The molecule has 94 valence electrons. The van der Waals surface area contributed by atoms with E-state index in [2.05, 4.69) is 26.2 Å². The first-order valence-electron chi connectivity index (χ1n) is 5.22. The molecule has 0 saturated carbocycles. The summed E-state index contributed by atoms with van der Waals surface area (Å²) in [5, 5.41) is 4.56. The summed E-state index contributed by atoms with van der Waals surface area (Å²) in [5.74, 6) is -0.244. The fourth-order valence-corrected chi connectivity index (χ4v) is 2.49. The lowest BCUT2D eigenvalue weighted by atomic mass is 10.2. The minimum absolute atomic E-state index is 0.244. The van der Waals surface area contributed by atoms with Crippen LogP contribution >= 0.6 is 38.9 Å². The minimum Gasteiger partial charge on any atom is -0.301 e. The van der Waals surface area contributed by atoms with E-state index in [1.165, 1.54) is 11.3 Å². The van der Waals surface area contributed by atoms with E-state index in [-0.39, 0.29) is 5.91 Å². The van der Waals surface area contributed by atoms with Gasteiger partial charge in [-0.3, -0.25) is 4.79 Å². The van der Waals surface area contributed by atoms with Crippen LogP contribution in [0.25, 0.3) is 11.3 Å². The van der Waals surface area contributed by atoms with Crippen molar-refractivity contribution in [1.29, 1.82) is 0 Å². The zero-order chi connectivity index (χ0) is 13.1. The number of anilines is 1. The maximum Gasteiger partial charge on any atom is 0.243 e. The zero-order valence-electron chi connectivity index (χ0n) is 9.48. The molecular weight excluding hydrogens is 336 g/mol. The van der Waals surface area contributed by atoms with Gasteiger partial charge in [0.2, 0.25) is 5.91 Å². The van der Waals surface area contributed by atoms with Crippen LogP contribution in [0.4, 0.5) is 5.13 Å². The highest BCUT2D eigenvalue weighted by molar-refractivity contribution is 9.10. The molecule has 0 fully saturated rings. The van der Waals surface area contributed by atoms with Crippen molar-refractivity contribution < 1.29 is 4.79 Å². The highest BCUT2D eigenvalue weighted by Crippen LogP contribution is 2.26. The van der Waals surface area contributed by atoms with Gasteiger partial charge in [-0.05, 0) is 19.1 Å². The van der Waals surface area contributed by atoms with Gasteiger partial charge < -0.3 is 5.32 Å². The molecule has 6 heteroatoms. The van der Waals surface area contributed by atoms with Crippen molar-refractivity contribution in [2.45, 2.75) is 12.3 Å². The van der Waals surface area contributed by atoms with Gasteiger partial charge in [0.05, 0.1) is 5.69 Å². The van der Waals surface area contributed by atoms with Crippen molar-refractivity contribution in [2.75, 3.05) is 5.32 Å². The third kappa shape index (κ3) is 3.31. The highest BCUT2D eigenvalue weighted by Gasteiger charge is 2.12. The van der Waals surface area contributed by atoms with E-state index in [4.69, 9.17) is 11.6 Å². The number of amides is 1. The number of benzene rings is 1. The lowest BCUT2D eigenvalue weighted by Crippen LogP contribution is -2.20. The average Bonchev–Trinajstić information content (AvgIpc) is 2.77. The maximum atomic E-state index is 11.4. The summed E-state index contributed by atoms with van der Waals surface area (Å²) < 4.78 is 0.993. The molecule has 0 radical (unpaired) electrons. The van der Waals surface area contributed by atoms with Crippen LogP contribution in [0.5, 0.6) is 0 Å². The number of hydrogen-bond donors (Lipinski definition) is 1. The Labute approximate surface area is 122 Å². The fourth-order valence-electron chi connectivity index (χ4n) is 1.32. The molecule has 0 aliphatic heterocycles. The minimum atomic E-state index is -0.566. The number of aromatic nitrogens is 1. The molecule has 2 rings (SSSR count). The van der Waals surface area contributed by atoms with Crippen LogP contribution in [-0.4, -0.2) is 16.3 Å².